The van der Waals surface area contributed by atoms with Gasteiger partial charge in [0.2, 0.25) is 0 Å². The summed E-state index contributed by atoms with van der Waals surface area (Å²) in [5, 5.41) is 8.86. The second kappa shape index (κ2) is 5.23. The molecule has 108 valence electrons. The molecule has 0 saturated heterocycles. The van der Waals surface area contributed by atoms with Gasteiger partial charge in [-0.25, -0.2) is 14.5 Å². The van der Waals surface area contributed by atoms with Gasteiger partial charge in [-0.1, -0.05) is 6.07 Å². The summed E-state index contributed by atoms with van der Waals surface area (Å²) in [5.41, 5.74) is 2.95. The highest BCUT2D eigenvalue weighted by molar-refractivity contribution is 7.08. The first-order valence-electron chi connectivity index (χ1n) is 6.85. The highest BCUT2D eigenvalue weighted by Gasteiger charge is 2.11. The van der Waals surface area contributed by atoms with E-state index in [0.717, 1.165) is 28.5 Å². The summed E-state index contributed by atoms with van der Waals surface area (Å²) in [7, 11) is 1.96. The second-order valence-corrected chi connectivity index (χ2v) is 5.64. The summed E-state index contributed by atoms with van der Waals surface area (Å²) >= 11 is 1.66. The predicted octanol–water partition coefficient (Wildman–Crippen LogP) is 3.62. The molecule has 0 unspecified atom stereocenters. The lowest BCUT2D eigenvalue weighted by atomic mass is 10.3. The molecule has 6 heteroatoms. The highest BCUT2D eigenvalue weighted by Crippen LogP contribution is 2.25. The zero-order valence-corrected chi connectivity index (χ0v) is 12.7. The van der Waals surface area contributed by atoms with Crippen molar-refractivity contribution in [3.8, 4) is 11.3 Å². The van der Waals surface area contributed by atoms with Crippen molar-refractivity contribution >= 4 is 28.6 Å². The number of imidazole rings is 1. The van der Waals surface area contributed by atoms with Crippen molar-refractivity contribution in [1.82, 2.24) is 19.6 Å². The number of thiophene rings is 1. The third-order valence-corrected chi connectivity index (χ3v) is 4.18. The Bertz CT molecular complexity index is 899. The molecule has 0 N–H and O–H groups in total. The average Bonchev–Trinajstić information content (AvgIpc) is 3.23. The van der Waals surface area contributed by atoms with Crippen LogP contribution >= 0.6 is 11.3 Å². The van der Waals surface area contributed by atoms with Crippen molar-refractivity contribution in [2.75, 3.05) is 11.9 Å². The average molecular weight is 307 g/mol. The first kappa shape index (κ1) is 13.0. The minimum absolute atomic E-state index is 0.820. The maximum Gasteiger partial charge on any atom is 0.155 e. The Hall–Kier alpha value is -2.73. The third-order valence-electron chi connectivity index (χ3n) is 3.50. The topological polar surface area (TPSA) is 46.3 Å². The smallest absolute Gasteiger partial charge is 0.155 e. The number of fused-ring (bicyclic) bond motifs is 1. The summed E-state index contributed by atoms with van der Waals surface area (Å²) in [6, 6.07) is 11.8. The van der Waals surface area contributed by atoms with E-state index in [9.17, 15) is 0 Å². The molecule has 0 spiro atoms. The van der Waals surface area contributed by atoms with Gasteiger partial charge in [-0.2, -0.15) is 11.3 Å². The molecule has 0 aliphatic rings. The summed E-state index contributed by atoms with van der Waals surface area (Å²) in [5.74, 6) is 1.67. The van der Waals surface area contributed by atoms with Crippen LogP contribution in [0.25, 0.3) is 16.9 Å². The Morgan fingerprint density at radius 2 is 2.00 bits per heavy atom. The number of nitrogens with zero attached hydrogens (tertiary/aromatic N) is 5. The molecule has 4 rings (SSSR count). The maximum absolute atomic E-state index is 4.71. The molecule has 22 heavy (non-hydrogen) atoms. The van der Waals surface area contributed by atoms with E-state index in [1.165, 1.54) is 0 Å². The standard InChI is InChI=1S/C16H13N5S/c1-20(14-4-2-3-8-17-14)16-6-5-15-18-10-13(21(15)19-16)12-7-9-22-11-12/h2-11H,1H3. The molecular weight excluding hydrogens is 294 g/mol. The fraction of sp³-hybridized carbons (Fsp3) is 0.0625. The Labute approximate surface area is 131 Å². The van der Waals surface area contributed by atoms with E-state index in [-0.39, 0.29) is 0 Å². The fourth-order valence-corrected chi connectivity index (χ4v) is 2.97. The molecule has 0 saturated carbocycles. The van der Waals surface area contributed by atoms with Crippen molar-refractivity contribution in [3.63, 3.8) is 0 Å². The minimum atomic E-state index is 0.820. The largest absolute Gasteiger partial charge is 0.313 e. The lowest BCUT2D eigenvalue weighted by molar-refractivity contribution is 0.915. The van der Waals surface area contributed by atoms with Gasteiger partial charge in [0, 0.05) is 24.2 Å². The first-order valence-corrected chi connectivity index (χ1v) is 7.79. The number of pyridine rings is 1. The van der Waals surface area contributed by atoms with Gasteiger partial charge in [-0.15, -0.1) is 5.10 Å². The zero-order chi connectivity index (χ0) is 14.9. The lowest BCUT2D eigenvalue weighted by Crippen LogP contribution is -2.14. The molecule has 0 aliphatic heterocycles. The Morgan fingerprint density at radius 3 is 2.77 bits per heavy atom. The van der Waals surface area contributed by atoms with Gasteiger partial charge in [0.25, 0.3) is 0 Å². The van der Waals surface area contributed by atoms with Gasteiger partial charge < -0.3 is 4.90 Å². The van der Waals surface area contributed by atoms with E-state index in [4.69, 9.17) is 5.10 Å². The maximum atomic E-state index is 4.71. The van der Waals surface area contributed by atoms with Crippen LogP contribution in [0, 0.1) is 0 Å². The lowest BCUT2D eigenvalue weighted by Gasteiger charge is -2.16. The third kappa shape index (κ3) is 2.14. The number of hydrogen-bond donors (Lipinski definition) is 0. The Balaban J connectivity index is 1.82. The van der Waals surface area contributed by atoms with Crippen molar-refractivity contribution in [2.24, 2.45) is 0 Å². The molecule has 0 radical (unpaired) electrons. The van der Waals surface area contributed by atoms with E-state index < -0.39 is 0 Å². The molecule has 0 amide bonds. The molecule has 5 nitrogen and oxygen atoms in total. The summed E-state index contributed by atoms with van der Waals surface area (Å²) in [6.45, 7) is 0. The van der Waals surface area contributed by atoms with Crippen LogP contribution in [0.3, 0.4) is 0 Å². The first-order chi connectivity index (χ1) is 10.8. The van der Waals surface area contributed by atoms with Crippen molar-refractivity contribution in [1.29, 1.82) is 0 Å². The monoisotopic (exact) mass is 307 g/mol. The van der Waals surface area contributed by atoms with Gasteiger partial charge in [0.1, 0.15) is 5.82 Å². The van der Waals surface area contributed by atoms with Crippen LogP contribution in [0.1, 0.15) is 0 Å². The molecule has 0 fully saturated rings. The van der Waals surface area contributed by atoms with Crippen LogP contribution in [-0.2, 0) is 0 Å². The molecular formula is C16H13N5S. The van der Waals surface area contributed by atoms with Gasteiger partial charge in [0.05, 0.1) is 11.9 Å². The molecule has 4 aromatic heterocycles. The predicted molar refractivity (Wildman–Crippen MR) is 88.6 cm³/mol. The molecule has 0 aliphatic carbocycles. The van der Waals surface area contributed by atoms with E-state index >= 15 is 0 Å². The minimum Gasteiger partial charge on any atom is -0.313 e. The van der Waals surface area contributed by atoms with Crippen LogP contribution in [0.5, 0.6) is 0 Å². The van der Waals surface area contributed by atoms with Crippen LogP contribution < -0.4 is 4.90 Å². The van der Waals surface area contributed by atoms with Gasteiger partial charge in [-0.05, 0) is 35.7 Å². The highest BCUT2D eigenvalue weighted by atomic mass is 32.1. The summed E-state index contributed by atoms with van der Waals surface area (Å²) in [4.78, 5) is 10.7. The van der Waals surface area contributed by atoms with Crippen molar-refractivity contribution in [3.05, 3.63) is 59.6 Å². The number of hydrogen-bond acceptors (Lipinski definition) is 5. The van der Waals surface area contributed by atoms with Crippen LogP contribution in [0.15, 0.2) is 59.6 Å². The normalized spacial score (nSPS) is 11.0. The van der Waals surface area contributed by atoms with Crippen molar-refractivity contribution in [2.45, 2.75) is 0 Å². The van der Waals surface area contributed by atoms with Gasteiger partial charge in [-0.3, -0.25) is 0 Å². The Morgan fingerprint density at radius 1 is 1.05 bits per heavy atom. The Kier molecular flexibility index (Phi) is 3.08. The van der Waals surface area contributed by atoms with Crippen LogP contribution in [0.2, 0.25) is 0 Å². The molecule has 0 aromatic carbocycles. The van der Waals surface area contributed by atoms with Gasteiger partial charge >= 0.3 is 0 Å². The van der Waals surface area contributed by atoms with Gasteiger partial charge in [0.15, 0.2) is 11.5 Å². The zero-order valence-electron chi connectivity index (χ0n) is 11.9. The molecule has 0 atom stereocenters. The number of anilines is 2. The number of aromatic nitrogens is 4. The number of rotatable bonds is 3. The molecule has 4 heterocycles. The molecule has 0 bridgehead atoms. The van der Waals surface area contributed by atoms with Crippen LogP contribution in [0.4, 0.5) is 11.6 Å². The van der Waals surface area contributed by atoms with E-state index in [0.29, 0.717) is 0 Å². The van der Waals surface area contributed by atoms with E-state index in [1.807, 2.05) is 53.0 Å². The fourth-order valence-electron chi connectivity index (χ4n) is 2.32. The van der Waals surface area contributed by atoms with Crippen LogP contribution in [-0.4, -0.2) is 26.6 Å². The van der Waals surface area contributed by atoms with Crippen molar-refractivity contribution < 1.29 is 0 Å². The summed E-state index contributed by atoms with van der Waals surface area (Å²) in [6.07, 6.45) is 3.63. The summed E-state index contributed by atoms with van der Waals surface area (Å²) < 4.78 is 1.87. The SMILES string of the molecule is CN(c1ccccn1)c1ccc2ncc(-c3ccsc3)n2n1. The van der Waals surface area contributed by atoms with E-state index in [1.54, 1.807) is 17.5 Å². The van der Waals surface area contributed by atoms with E-state index in [2.05, 4.69) is 26.8 Å². The molecule has 4 aromatic rings. The quantitative estimate of drug-likeness (QED) is 0.580. The second-order valence-electron chi connectivity index (χ2n) is 4.86.